The van der Waals surface area contributed by atoms with Gasteiger partial charge in [-0.2, -0.15) is 0 Å². The first-order valence-corrected chi connectivity index (χ1v) is 11.0. The number of aliphatic hydroxyl groups excluding tert-OH is 3. The minimum absolute atomic E-state index is 0.0293. The number of hydrogen-bond donors (Lipinski definition) is 4. The molecule has 3 aliphatic heterocycles. The molecule has 0 spiro atoms. The van der Waals surface area contributed by atoms with Crippen LogP contribution < -0.4 is 0 Å². The molecule has 0 amide bonds. The quantitative estimate of drug-likeness (QED) is 0.103. The second-order valence-electron chi connectivity index (χ2n) is 7.93. The lowest BCUT2D eigenvalue weighted by atomic mass is 9.86. The summed E-state index contributed by atoms with van der Waals surface area (Å²) in [6, 6.07) is 0. The van der Waals surface area contributed by atoms with Crippen LogP contribution in [0.5, 0.6) is 0 Å². The molecule has 4 N–H and O–H groups in total. The summed E-state index contributed by atoms with van der Waals surface area (Å²) in [6.07, 6.45) is -5.35. The molecule has 3 saturated heterocycles. The molecule has 3 aliphatic rings. The highest BCUT2D eigenvalue weighted by Gasteiger charge is 2.51. The van der Waals surface area contributed by atoms with Gasteiger partial charge in [0, 0.05) is 26.1 Å². The van der Waals surface area contributed by atoms with Gasteiger partial charge in [-0.15, -0.1) is 4.33 Å². The van der Waals surface area contributed by atoms with E-state index in [1.54, 1.807) is 7.11 Å². The van der Waals surface area contributed by atoms with E-state index in [0.717, 1.165) is 0 Å². The van der Waals surface area contributed by atoms with Crippen molar-refractivity contribution in [3.63, 3.8) is 0 Å². The first-order chi connectivity index (χ1) is 15.5. The van der Waals surface area contributed by atoms with Crippen LogP contribution in [0.3, 0.4) is 0 Å². The summed E-state index contributed by atoms with van der Waals surface area (Å²) < 4.78 is 43.0. The second-order valence-corrected chi connectivity index (χ2v) is 8.40. The van der Waals surface area contributed by atoms with Gasteiger partial charge in [0.25, 0.3) is 0 Å². The van der Waals surface area contributed by atoms with Gasteiger partial charge in [0.05, 0.1) is 58.0 Å². The van der Waals surface area contributed by atoms with Gasteiger partial charge in [-0.25, -0.2) is 5.26 Å². The van der Waals surface area contributed by atoms with Crippen LogP contribution in [0.4, 0.5) is 0 Å². The van der Waals surface area contributed by atoms with Crippen molar-refractivity contribution in [3.05, 3.63) is 0 Å². The maximum absolute atomic E-state index is 10.8. The van der Waals surface area contributed by atoms with Crippen LogP contribution in [0, 0.1) is 11.8 Å². The molecule has 2 bridgehead atoms. The topological polar surface area (TPSA) is 164 Å². The zero-order chi connectivity index (χ0) is 23.1. The van der Waals surface area contributed by atoms with E-state index >= 15 is 0 Å². The predicted molar refractivity (Wildman–Crippen MR) is 105 cm³/mol. The Labute approximate surface area is 190 Å². The number of fused-ring (bicyclic) bond motifs is 2. The molecule has 4 unspecified atom stereocenters. The number of hydrogen-bond acceptors (Lipinski definition) is 14. The molecule has 188 valence electrons. The fourth-order valence-corrected chi connectivity index (χ4v) is 4.92. The largest absolute Gasteiger partial charge is 0.394 e. The Hall–Kier alpha value is -0.170. The third kappa shape index (κ3) is 6.09. The Morgan fingerprint density at radius 3 is 2.34 bits per heavy atom. The second kappa shape index (κ2) is 13.1. The van der Waals surface area contributed by atoms with E-state index in [2.05, 4.69) is 9.37 Å². The minimum Gasteiger partial charge on any atom is -0.394 e. The maximum Gasteiger partial charge on any atom is 0.198 e. The molecule has 13 nitrogen and oxygen atoms in total. The molecule has 0 aliphatic carbocycles. The third-order valence-electron chi connectivity index (χ3n) is 6.05. The van der Waals surface area contributed by atoms with Crippen LogP contribution in [0.25, 0.3) is 0 Å². The van der Waals surface area contributed by atoms with Gasteiger partial charge in [0.1, 0.15) is 30.5 Å². The van der Waals surface area contributed by atoms with Crippen molar-refractivity contribution in [2.24, 2.45) is 11.8 Å². The van der Waals surface area contributed by atoms with E-state index in [4.69, 9.17) is 37.9 Å². The zero-order valence-electron chi connectivity index (χ0n) is 17.9. The molecule has 0 saturated carbocycles. The molecular formula is C18H32O13S. The van der Waals surface area contributed by atoms with Gasteiger partial charge in [-0.3, -0.25) is 4.18 Å². The smallest absolute Gasteiger partial charge is 0.198 e. The highest BCUT2D eigenvalue weighted by atomic mass is 32.2. The molecule has 0 aromatic rings. The molecule has 3 rings (SSSR count). The van der Waals surface area contributed by atoms with Crippen LogP contribution in [0.2, 0.25) is 0 Å². The summed E-state index contributed by atoms with van der Waals surface area (Å²) >= 11 is 0.338. The van der Waals surface area contributed by atoms with E-state index in [0.29, 0.717) is 18.9 Å². The van der Waals surface area contributed by atoms with Gasteiger partial charge in [-0.05, 0) is 0 Å². The SMILES string of the molecule is COC[C@H]1OC2CO[C@@H](C1O)[C@H]2COC[C@@H]1OC(CO)[C@@H](OSOOO)[C@@H](COC)C1O. The molecule has 0 aromatic carbocycles. The molecule has 0 aromatic heterocycles. The monoisotopic (exact) mass is 488 g/mol. The van der Waals surface area contributed by atoms with E-state index in [-0.39, 0.29) is 38.4 Å². The molecule has 3 heterocycles. The predicted octanol–water partition coefficient (Wildman–Crippen LogP) is -1.45. The van der Waals surface area contributed by atoms with Crippen molar-refractivity contribution in [2.75, 3.05) is 53.9 Å². The van der Waals surface area contributed by atoms with Crippen molar-refractivity contribution in [1.29, 1.82) is 0 Å². The average Bonchev–Trinajstić information content (AvgIpc) is 3.10. The molecule has 32 heavy (non-hydrogen) atoms. The third-order valence-corrected chi connectivity index (χ3v) is 6.47. The van der Waals surface area contributed by atoms with Crippen LogP contribution in [0.1, 0.15) is 0 Å². The van der Waals surface area contributed by atoms with E-state index in [9.17, 15) is 15.3 Å². The van der Waals surface area contributed by atoms with E-state index < -0.39 is 55.3 Å². The minimum atomic E-state index is -1.04. The Balaban J connectivity index is 1.54. The lowest BCUT2D eigenvalue weighted by Crippen LogP contribution is -2.58. The highest BCUT2D eigenvalue weighted by molar-refractivity contribution is 7.89. The molecule has 0 radical (unpaired) electrons. The fourth-order valence-electron chi connectivity index (χ4n) is 4.50. The number of methoxy groups -OCH3 is 2. The van der Waals surface area contributed by atoms with Gasteiger partial charge in [0.2, 0.25) is 0 Å². The van der Waals surface area contributed by atoms with Crippen LogP contribution in [-0.2, 0) is 42.0 Å². The average molecular weight is 489 g/mol. The standard InChI is InChI=1S/C18H32O13S/c1-23-4-10-15(20)14(27-11(3-19)17(10)29-32-31-30-22)7-25-5-9-12-8-26-18(9)16(21)13(28-12)6-24-2/h9-22H,3-8H2,1-2H3/t9-,10-,11?,12?,13+,14-,15?,16?,17-,18+/m0/s1. The summed E-state index contributed by atoms with van der Waals surface area (Å²) in [4.78, 5) is 0. The summed E-state index contributed by atoms with van der Waals surface area (Å²) in [6.45, 7) is 0.613. The number of rotatable bonds is 13. The number of ether oxygens (including phenoxy) is 6. The first kappa shape index (κ1) is 26.4. The van der Waals surface area contributed by atoms with Gasteiger partial charge in [0.15, 0.2) is 12.3 Å². The Morgan fingerprint density at radius 1 is 0.906 bits per heavy atom. The fraction of sp³-hybridized carbons (Fsp3) is 1.00. The maximum atomic E-state index is 10.8. The molecule has 14 heteroatoms. The van der Waals surface area contributed by atoms with Crippen molar-refractivity contribution in [3.8, 4) is 0 Å². The lowest BCUT2D eigenvalue weighted by molar-refractivity contribution is -0.434. The summed E-state index contributed by atoms with van der Waals surface area (Å²) in [7, 11) is 3.02. The van der Waals surface area contributed by atoms with Crippen molar-refractivity contribution in [2.45, 2.75) is 48.8 Å². The Morgan fingerprint density at radius 2 is 1.66 bits per heavy atom. The molecule has 3 fully saturated rings. The zero-order valence-corrected chi connectivity index (χ0v) is 18.7. The highest BCUT2D eigenvalue weighted by Crippen LogP contribution is 2.36. The van der Waals surface area contributed by atoms with Gasteiger partial charge in [-0.1, -0.05) is 5.04 Å². The lowest BCUT2D eigenvalue weighted by Gasteiger charge is -2.43. The number of aliphatic hydroxyl groups is 3. The normalized spacial score (nSPS) is 41.8. The van der Waals surface area contributed by atoms with E-state index in [1.807, 2.05) is 0 Å². The Kier molecular flexibility index (Phi) is 10.8. The van der Waals surface area contributed by atoms with Crippen molar-refractivity contribution < 1.29 is 62.6 Å². The van der Waals surface area contributed by atoms with Crippen LogP contribution in [-0.4, -0.2) is 123 Å². The Bertz CT molecular complexity index is 545. The van der Waals surface area contributed by atoms with E-state index in [1.165, 1.54) is 7.11 Å². The summed E-state index contributed by atoms with van der Waals surface area (Å²) in [5.41, 5.74) is 0. The van der Waals surface area contributed by atoms with Crippen molar-refractivity contribution in [1.82, 2.24) is 0 Å². The van der Waals surface area contributed by atoms with Crippen LogP contribution in [0.15, 0.2) is 0 Å². The molecule has 10 atom stereocenters. The van der Waals surface area contributed by atoms with Crippen molar-refractivity contribution >= 4 is 12.3 Å². The van der Waals surface area contributed by atoms with Gasteiger partial charge >= 0.3 is 0 Å². The first-order valence-electron chi connectivity index (χ1n) is 10.3. The summed E-state index contributed by atoms with van der Waals surface area (Å²) in [5.74, 6) is -0.756. The summed E-state index contributed by atoms with van der Waals surface area (Å²) in [5, 5.41) is 42.8. The molecular weight excluding hydrogens is 456 g/mol. The van der Waals surface area contributed by atoms with Crippen LogP contribution >= 0.6 is 12.3 Å². The van der Waals surface area contributed by atoms with Gasteiger partial charge < -0.3 is 43.7 Å².